The summed E-state index contributed by atoms with van der Waals surface area (Å²) in [5.41, 5.74) is 0. The number of hydrogen-bond donors (Lipinski definition) is 2. The van der Waals surface area contributed by atoms with Gasteiger partial charge in [0.25, 0.3) is 0 Å². The lowest BCUT2D eigenvalue weighted by Gasteiger charge is -2.10. The molecule has 1 saturated heterocycles. The smallest absolute Gasteiger partial charge is 0.233 e. The molecule has 0 spiro atoms. The van der Waals surface area contributed by atoms with Gasteiger partial charge in [-0.05, 0) is 31.6 Å². The van der Waals surface area contributed by atoms with Crippen molar-refractivity contribution in [3.8, 4) is 0 Å². The molecule has 2 fully saturated rings. The zero-order chi connectivity index (χ0) is 10.5. The van der Waals surface area contributed by atoms with Crippen LogP contribution in [-0.2, 0) is 9.53 Å². The van der Waals surface area contributed by atoms with Crippen molar-refractivity contribution in [3.63, 3.8) is 0 Å². The molecule has 1 atom stereocenters. The van der Waals surface area contributed by atoms with Crippen molar-refractivity contribution in [2.45, 2.75) is 31.8 Å². The van der Waals surface area contributed by atoms with Crippen molar-refractivity contribution in [2.24, 2.45) is 5.92 Å². The predicted octanol–water partition coefficient (Wildman–Crippen LogP) is 0.703. The monoisotopic (exact) mass is 248 g/mol. The van der Waals surface area contributed by atoms with E-state index < -0.39 is 0 Å². The second-order valence-electron chi connectivity index (χ2n) is 4.51. The van der Waals surface area contributed by atoms with E-state index >= 15 is 0 Å². The van der Waals surface area contributed by atoms with E-state index in [0.717, 1.165) is 38.5 Å². The van der Waals surface area contributed by atoms with Crippen LogP contribution in [-0.4, -0.2) is 38.3 Å². The van der Waals surface area contributed by atoms with E-state index in [-0.39, 0.29) is 18.3 Å². The van der Waals surface area contributed by atoms with Gasteiger partial charge in [-0.3, -0.25) is 4.79 Å². The van der Waals surface area contributed by atoms with Gasteiger partial charge in [-0.1, -0.05) is 0 Å². The minimum Gasteiger partial charge on any atom is -0.377 e. The largest absolute Gasteiger partial charge is 0.377 e. The van der Waals surface area contributed by atoms with E-state index in [2.05, 4.69) is 10.6 Å². The van der Waals surface area contributed by atoms with Crippen LogP contribution in [0.5, 0.6) is 0 Å². The van der Waals surface area contributed by atoms with E-state index in [1.54, 1.807) is 0 Å². The van der Waals surface area contributed by atoms with Crippen molar-refractivity contribution >= 4 is 18.3 Å². The van der Waals surface area contributed by atoms with E-state index in [1.807, 2.05) is 0 Å². The molecule has 4 nitrogen and oxygen atoms in total. The number of halogens is 1. The van der Waals surface area contributed by atoms with Crippen LogP contribution in [0.3, 0.4) is 0 Å². The molecule has 1 saturated carbocycles. The van der Waals surface area contributed by atoms with E-state index in [0.29, 0.717) is 12.6 Å². The highest BCUT2D eigenvalue weighted by Gasteiger charge is 2.21. The van der Waals surface area contributed by atoms with Crippen LogP contribution in [0, 0.1) is 5.92 Å². The minimum absolute atomic E-state index is 0. The van der Waals surface area contributed by atoms with Crippen LogP contribution in [0.2, 0.25) is 0 Å². The molecule has 2 aliphatic rings. The minimum atomic E-state index is 0. The SMILES string of the molecule is Cl.O=C(CNCC1CCCO1)NCC1CC1. The molecular formula is C11H21ClN2O2. The standard InChI is InChI=1S/C11H20N2O2.ClH/c14-11(13-6-9-3-4-9)8-12-7-10-2-1-5-15-10;/h9-10,12H,1-8H2,(H,13,14);1H. The zero-order valence-electron chi connectivity index (χ0n) is 9.54. The summed E-state index contributed by atoms with van der Waals surface area (Å²) in [4.78, 5) is 11.3. The molecule has 0 aromatic heterocycles. The van der Waals surface area contributed by atoms with Gasteiger partial charge in [-0.2, -0.15) is 0 Å². The maximum absolute atomic E-state index is 11.3. The average Bonchev–Trinajstić information content (AvgIpc) is 2.92. The van der Waals surface area contributed by atoms with E-state index in [9.17, 15) is 4.79 Å². The lowest BCUT2D eigenvalue weighted by molar-refractivity contribution is -0.120. The Balaban J connectivity index is 0.00000128. The van der Waals surface area contributed by atoms with Crippen molar-refractivity contribution in [1.82, 2.24) is 10.6 Å². The topological polar surface area (TPSA) is 50.4 Å². The number of ether oxygens (including phenoxy) is 1. The Kier molecular flexibility index (Phi) is 6.09. The second-order valence-corrected chi connectivity index (χ2v) is 4.51. The molecule has 1 amide bonds. The third-order valence-corrected chi connectivity index (χ3v) is 2.97. The molecule has 2 N–H and O–H groups in total. The fourth-order valence-corrected chi connectivity index (χ4v) is 1.79. The number of amides is 1. The summed E-state index contributed by atoms with van der Waals surface area (Å²) in [6.45, 7) is 2.96. The van der Waals surface area contributed by atoms with Gasteiger partial charge < -0.3 is 15.4 Å². The first kappa shape index (κ1) is 13.7. The average molecular weight is 249 g/mol. The summed E-state index contributed by atoms with van der Waals surface area (Å²) in [6.07, 6.45) is 5.16. The molecule has 1 heterocycles. The maximum Gasteiger partial charge on any atom is 0.233 e. The maximum atomic E-state index is 11.3. The van der Waals surface area contributed by atoms with Gasteiger partial charge >= 0.3 is 0 Å². The van der Waals surface area contributed by atoms with Gasteiger partial charge in [0.1, 0.15) is 0 Å². The quantitative estimate of drug-likeness (QED) is 0.728. The summed E-state index contributed by atoms with van der Waals surface area (Å²) in [5.74, 6) is 0.868. The van der Waals surface area contributed by atoms with Gasteiger partial charge in [0.05, 0.1) is 12.6 Å². The number of carbonyl (C=O) groups is 1. The predicted molar refractivity (Wildman–Crippen MR) is 64.8 cm³/mol. The normalized spacial score (nSPS) is 23.9. The zero-order valence-corrected chi connectivity index (χ0v) is 10.4. The Hall–Kier alpha value is -0.320. The molecule has 1 unspecified atom stereocenters. The van der Waals surface area contributed by atoms with Gasteiger partial charge in [0.15, 0.2) is 0 Å². The highest BCUT2D eigenvalue weighted by molar-refractivity contribution is 5.85. The molecule has 5 heteroatoms. The molecule has 0 radical (unpaired) electrons. The molecule has 94 valence electrons. The third-order valence-electron chi connectivity index (χ3n) is 2.97. The summed E-state index contributed by atoms with van der Waals surface area (Å²) < 4.78 is 5.45. The van der Waals surface area contributed by atoms with Crippen LogP contribution in [0.4, 0.5) is 0 Å². The van der Waals surface area contributed by atoms with Crippen molar-refractivity contribution < 1.29 is 9.53 Å². The molecular weight excluding hydrogens is 228 g/mol. The third kappa shape index (κ3) is 5.14. The van der Waals surface area contributed by atoms with Gasteiger partial charge in [0, 0.05) is 19.7 Å². The molecule has 1 aliphatic carbocycles. The first-order valence-corrected chi connectivity index (χ1v) is 5.93. The Bertz CT molecular complexity index is 216. The van der Waals surface area contributed by atoms with Crippen molar-refractivity contribution in [3.05, 3.63) is 0 Å². The molecule has 1 aliphatic heterocycles. The van der Waals surface area contributed by atoms with E-state index in [1.165, 1.54) is 12.8 Å². The Morgan fingerprint density at radius 3 is 2.69 bits per heavy atom. The van der Waals surface area contributed by atoms with Gasteiger partial charge in [-0.15, -0.1) is 12.4 Å². The molecule has 0 aromatic carbocycles. The molecule has 0 bridgehead atoms. The highest BCUT2D eigenvalue weighted by Crippen LogP contribution is 2.27. The summed E-state index contributed by atoms with van der Waals surface area (Å²) in [6, 6.07) is 0. The van der Waals surface area contributed by atoms with Crippen LogP contribution in [0.15, 0.2) is 0 Å². The summed E-state index contributed by atoms with van der Waals surface area (Å²) in [7, 11) is 0. The first-order chi connectivity index (χ1) is 7.34. The van der Waals surface area contributed by atoms with E-state index in [4.69, 9.17) is 4.74 Å². The molecule has 16 heavy (non-hydrogen) atoms. The number of rotatable bonds is 6. The highest BCUT2D eigenvalue weighted by atomic mass is 35.5. The summed E-state index contributed by atoms with van der Waals surface area (Å²) in [5, 5.41) is 6.06. The number of nitrogens with one attached hydrogen (secondary N) is 2. The number of carbonyl (C=O) groups excluding carboxylic acids is 1. The van der Waals surface area contributed by atoms with Crippen molar-refractivity contribution in [1.29, 1.82) is 0 Å². The van der Waals surface area contributed by atoms with Gasteiger partial charge in [0.2, 0.25) is 5.91 Å². The Labute approximate surface area is 103 Å². The number of hydrogen-bond acceptors (Lipinski definition) is 3. The Morgan fingerprint density at radius 2 is 2.06 bits per heavy atom. The van der Waals surface area contributed by atoms with Crippen molar-refractivity contribution in [2.75, 3.05) is 26.2 Å². The lowest BCUT2D eigenvalue weighted by atomic mass is 10.2. The van der Waals surface area contributed by atoms with Crippen LogP contribution >= 0.6 is 12.4 Å². The fourth-order valence-electron chi connectivity index (χ4n) is 1.79. The fraction of sp³-hybridized carbons (Fsp3) is 0.909. The Morgan fingerprint density at radius 1 is 1.25 bits per heavy atom. The van der Waals surface area contributed by atoms with Crippen LogP contribution in [0.25, 0.3) is 0 Å². The molecule has 0 aromatic rings. The summed E-state index contributed by atoms with van der Waals surface area (Å²) >= 11 is 0. The second kappa shape index (κ2) is 7.09. The molecule has 2 rings (SSSR count). The van der Waals surface area contributed by atoms with Crippen LogP contribution < -0.4 is 10.6 Å². The lowest BCUT2D eigenvalue weighted by Crippen LogP contribution is -2.37. The van der Waals surface area contributed by atoms with Crippen LogP contribution in [0.1, 0.15) is 25.7 Å². The first-order valence-electron chi connectivity index (χ1n) is 5.93. The van der Waals surface area contributed by atoms with Gasteiger partial charge in [-0.25, -0.2) is 0 Å².